The quantitative estimate of drug-likeness (QED) is 0.395. The normalized spacial score (nSPS) is 18.2. The molecule has 0 fully saturated rings. The summed E-state index contributed by atoms with van der Waals surface area (Å²) >= 11 is 0. The lowest BCUT2D eigenvalue weighted by Gasteiger charge is -2.26. The van der Waals surface area contributed by atoms with E-state index in [1.807, 2.05) is 16.8 Å². The second-order valence-corrected chi connectivity index (χ2v) is 6.25. The summed E-state index contributed by atoms with van der Waals surface area (Å²) in [6.07, 6.45) is 7.18. The summed E-state index contributed by atoms with van der Waals surface area (Å²) in [4.78, 5) is 8.99. The highest BCUT2D eigenvalue weighted by Gasteiger charge is 2.21. The predicted octanol–water partition coefficient (Wildman–Crippen LogP) is 2.38. The molecular weight excluding hydrogens is 431 g/mol. The molecule has 0 radical (unpaired) electrons. The molecular formula is C17H27IN6O. The van der Waals surface area contributed by atoms with E-state index in [4.69, 9.17) is 9.41 Å². The molecule has 2 aromatic heterocycles. The highest BCUT2D eigenvalue weighted by molar-refractivity contribution is 14.0. The van der Waals surface area contributed by atoms with Gasteiger partial charge < -0.3 is 15.1 Å². The van der Waals surface area contributed by atoms with Crippen molar-refractivity contribution in [3.63, 3.8) is 0 Å². The molecule has 0 spiro atoms. The average molecular weight is 458 g/mol. The maximum Gasteiger partial charge on any atom is 0.191 e. The molecule has 1 aliphatic heterocycles. The van der Waals surface area contributed by atoms with Gasteiger partial charge in [0.25, 0.3) is 0 Å². The Bertz CT molecular complexity index is 654. The highest BCUT2D eigenvalue weighted by Crippen LogP contribution is 2.11. The van der Waals surface area contributed by atoms with Crippen molar-refractivity contribution in [3.05, 3.63) is 36.3 Å². The fourth-order valence-corrected chi connectivity index (χ4v) is 2.75. The Morgan fingerprint density at radius 2 is 2.40 bits per heavy atom. The molecule has 7 nitrogen and oxygen atoms in total. The third-order valence-corrected chi connectivity index (χ3v) is 4.35. The topological polar surface area (TPSA) is 80.3 Å². The molecule has 25 heavy (non-hydrogen) atoms. The number of hydrogen-bond donors (Lipinski definition) is 2. The minimum absolute atomic E-state index is 0. The van der Waals surface area contributed by atoms with Gasteiger partial charge in [-0.2, -0.15) is 5.10 Å². The zero-order valence-electron chi connectivity index (χ0n) is 14.8. The number of aliphatic imine (C=N–C) groups is 1. The van der Waals surface area contributed by atoms with Gasteiger partial charge in [-0.3, -0.25) is 4.99 Å². The molecule has 138 valence electrons. The molecule has 3 heterocycles. The van der Waals surface area contributed by atoms with E-state index < -0.39 is 0 Å². The van der Waals surface area contributed by atoms with Crippen LogP contribution in [0.5, 0.6) is 0 Å². The van der Waals surface area contributed by atoms with Gasteiger partial charge in [0.1, 0.15) is 17.9 Å². The first-order chi connectivity index (χ1) is 11.7. The van der Waals surface area contributed by atoms with Crippen molar-refractivity contribution in [1.82, 2.24) is 25.4 Å². The van der Waals surface area contributed by atoms with Gasteiger partial charge in [-0.1, -0.05) is 6.92 Å². The third-order valence-electron chi connectivity index (χ3n) is 4.35. The molecule has 0 saturated carbocycles. The molecule has 2 atom stereocenters. The molecule has 0 saturated heterocycles. The van der Waals surface area contributed by atoms with Crippen molar-refractivity contribution in [3.8, 4) is 0 Å². The predicted molar refractivity (Wildman–Crippen MR) is 108 cm³/mol. The van der Waals surface area contributed by atoms with E-state index in [0.29, 0.717) is 18.6 Å². The van der Waals surface area contributed by atoms with Crippen LogP contribution >= 0.6 is 24.0 Å². The number of guanidine groups is 1. The first kappa shape index (κ1) is 19.7. The van der Waals surface area contributed by atoms with Crippen LogP contribution in [-0.2, 0) is 19.4 Å². The van der Waals surface area contributed by atoms with Crippen molar-refractivity contribution in [2.75, 3.05) is 6.54 Å². The van der Waals surface area contributed by atoms with E-state index in [2.05, 4.69) is 34.6 Å². The summed E-state index contributed by atoms with van der Waals surface area (Å²) in [7, 11) is 0. The second-order valence-electron chi connectivity index (χ2n) is 6.25. The second kappa shape index (κ2) is 9.79. The first-order valence-corrected chi connectivity index (χ1v) is 8.71. The lowest BCUT2D eigenvalue weighted by molar-refractivity contribution is 0.391. The number of nitrogens with zero attached hydrogens (tertiary/aromatic N) is 4. The van der Waals surface area contributed by atoms with E-state index >= 15 is 0 Å². The van der Waals surface area contributed by atoms with Crippen LogP contribution in [-0.4, -0.2) is 39.4 Å². The van der Waals surface area contributed by atoms with Crippen LogP contribution in [0.3, 0.4) is 0 Å². The van der Waals surface area contributed by atoms with Crippen LogP contribution < -0.4 is 10.6 Å². The number of halogens is 1. The lowest BCUT2D eigenvalue weighted by Crippen LogP contribution is -2.49. The molecule has 0 amide bonds. The Balaban J connectivity index is 0.00000225. The van der Waals surface area contributed by atoms with Crippen molar-refractivity contribution in [2.24, 2.45) is 4.99 Å². The standard InChI is InChI=1S/C17H26N6O.HI/c1-3-13(2)21-17(18-9-8-15-5-4-10-24-15)22-14-6-7-16-19-12-20-23(16)11-14;/h4-5,10,12-14H,3,6-9,11H2,1-2H3,(H2,18,21,22);1H. The summed E-state index contributed by atoms with van der Waals surface area (Å²) in [5, 5.41) is 11.3. The average Bonchev–Trinajstić information content (AvgIpc) is 3.25. The van der Waals surface area contributed by atoms with Crippen molar-refractivity contribution < 1.29 is 4.42 Å². The fourth-order valence-electron chi connectivity index (χ4n) is 2.75. The van der Waals surface area contributed by atoms with E-state index in [0.717, 1.165) is 49.8 Å². The van der Waals surface area contributed by atoms with Crippen LogP contribution in [0.15, 0.2) is 34.1 Å². The van der Waals surface area contributed by atoms with Gasteiger partial charge in [-0.05, 0) is 31.9 Å². The minimum atomic E-state index is 0. The molecule has 2 unspecified atom stereocenters. The summed E-state index contributed by atoms with van der Waals surface area (Å²) in [6, 6.07) is 4.59. The number of furan rings is 1. The van der Waals surface area contributed by atoms with Gasteiger partial charge in [0.05, 0.1) is 12.8 Å². The number of hydrogen-bond acceptors (Lipinski definition) is 4. The SMILES string of the molecule is CCC(C)NC(=NCCc1ccco1)NC1CCc2ncnn2C1.I. The van der Waals surface area contributed by atoms with Crippen molar-refractivity contribution >= 4 is 29.9 Å². The summed E-state index contributed by atoms with van der Waals surface area (Å²) < 4.78 is 7.35. The lowest BCUT2D eigenvalue weighted by atomic mass is 10.1. The Hall–Kier alpha value is -1.58. The Labute approximate surface area is 165 Å². The molecule has 3 rings (SSSR count). The number of nitrogens with one attached hydrogen (secondary N) is 2. The minimum Gasteiger partial charge on any atom is -0.469 e. The summed E-state index contributed by atoms with van der Waals surface area (Å²) in [5.74, 6) is 2.90. The third kappa shape index (κ3) is 5.72. The number of aryl methyl sites for hydroxylation is 1. The molecule has 8 heteroatoms. The van der Waals surface area contributed by atoms with Gasteiger partial charge in [0.15, 0.2) is 5.96 Å². The van der Waals surface area contributed by atoms with Gasteiger partial charge in [-0.15, -0.1) is 24.0 Å². The first-order valence-electron chi connectivity index (χ1n) is 8.71. The Kier molecular flexibility index (Phi) is 7.73. The maximum atomic E-state index is 5.37. The van der Waals surface area contributed by atoms with Crippen molar-refractivity contribution in [1.29, 1.82) is 0 Å². The molecule has 0 aromatic carbocycles. The number of fused-ring (bicyclic) bond motifs is 1. The monoisotopic (exact) mass is 458 g/mol. The van der Waals surface area contributed by atoms with Crippen LogP contribution in [0.1, 0.15) is 38.3 Å². The Morgan fingerprint density at radius 3 is 3.16 bits per heavy atom. The van der Waals surface area contributed by atoms with Crippen LogP contribution in [0.25, 0.3) is 0 Å². The summed E-state index contributed by atoms with van der Waals surface area (Å²) in [5.41, 5.74) is 0. The fraction of sp³-hybridized carbons (Fsp3) is 0.588. The number of rotatable bonds is 6. The van der Waals surface area contributed by atoms with Crippen LogP contribution in [0, 0.1) is 0 Å². The van der Waals surface area contributed by atoms with Gasteiger partial charge in [0.2, 0.25) is 0 Å². The largest absolute Gasteiger partial charge is 0.469 e. The number of aromatic nitrogens is 3. The van der Waals surface area contributed by atoms with E-state index in [-0.39, 0.29) is 24.0 Å². The maximum absolute atomic E-state index is 5.37. The van der Waals surface area contributed by atoms with E-state index in [1.54, 1.807) is 12.6 Å². The van der Waals surface area contributed by atoms with Gasteiger partial charge >= 0.3 is 0 Å². The molecule has 1 aliphatic rings. The van der Waals surface area contributed by atoms with E-state index in [9.17, 15) is 0 Å². The van der Waals surface area contributed by atoms with Crippen molar-refractivity contribution in [2.45, 2.75) is 58.2 Å². The molecule has 2 aromatic rings. The molecule has 2 N–H and O–H groups in total. The van der Waals surface area contributed by atoms with Crippen LogP contribution in [0.2, 0.25) is 0 Å². The van der Waals surface area contributed by atoms with Gasteiger partial charge in [-0.25, -0.2) is 9.67 Å². The zero-order valence-corrected chi connectivity index (χ0v) is 17.1. The molecule has 0 aliphatic carbocycles. The zero-order chi connectivity index (χ0) is 16.8. The highest BCUT2D eigenvalue weighted by atomic mass is 127. The Morgan fingerprint density at radius 1 is 1.52 bits per heavy atom. The smallest absolute Gasteiger partial charge is 0.191 e. The van der Waals surface area contributed by atoms with Crippen LogP contribution in [0.4, 0.5) is 0 Å². The van der Waals surface area contributed by atoms with E-state index in [1.165, 1.54) is 0 Å². The summed E-state index contributed by atoms with van der Waals surface area (Å²) in [6.45, 7) is 5.86. The molecule has 0 bridgehead atoms. The van der Waals surface area contributed by atoms with Gasteiger partial charge in [0, 0.05) is 31.5 Å².